The van der Waals surface area contributed by atoms with Crippen LogP contribution in [0.2, 0.25) is 0 Å². The van der Waals surface area contributed by atoms with E-state index in [1.54, 1.807) is 17.5 Å². The quantitative estimate of drug-likeness (QED) is 0.809. The summed E-state index contributed by atoms with van der Waals surface area (Å²) >= 11 is 1.56. The Labute approximate surface area is 164 Å². The molecule has 1 unspecified atom stereocenters. The topological polar surface area (TPSA) is 53.5 Å². The van der Waals surface area contributed by atoms with Crippen molar-refractivity contribution in [3.8, 4) is 0 Å². The molecule has 2 aromatic rings. The third kappa shape index (κ3) is 4.05. The van der Waals surface area contributed by atoms with Crippen molar-refractivity contribution in [2.45, 2.75) is 44.6 Å². The molecule has 0 spiro atoms. The van der Waals surface area contributed by atoms with Crippen LogP contribution in [0.1, 0.15) is 58.4 Å². The minimum atomic E-state index is 0.0918. The highest BCUT2D eigenvalue weighted by molar-refractivity contribution is 7.14. The lowest BCUT2D eigenvalue weighted by Gasteiger charge is -2.26. The van der Waals surface area contributed by atoms with Crippen molar-refractivity contribution in [3.05, 3.63) is 52.0 Å². The number of hydrogen-bond acceptors (Lipinski definition) is 4. The molecule has 0 N–H and O–H groups in total. The monoisotopic (exact) mass is 383 g/mol. The Bertz CT molecular complexity index is 799. The van der Waals surface area contributed by atoms with Crippen LogP contribution in [-0.2, 0) is 11.2 Å². The zero-order valence-electron chi connectivity index (χ0n) is 15.5. The predicted octanol–water partition coefficient (Wildman–Crippen LogP) is 3.68. The standard InChI is InChI=1S/C21H25N3O2S/c25-20(15-16-7-2-3-11-22-16)24-14-6-8-17(24)18-9-10-19(27-18)21(26)23-12-4-1-5-13-23/h2-3,7,9-11,17H,1,4-6,8,12-15H2. The molecule has 0 saturated carbocycles. The summed E-state index contributed by atoms with van der Waals surface area (Å²) in [4.78, 5) is 35.7. The number of pyridine rings is 1. The second-order valence-electron chi connectivity index (χ2n) is 7.30. The third-order valence-electron chi connectivity index (χ3n) is 5.44. The molecule has 2 aliphatic rings. The molecule has 2 amide bonds. The van der Waals surface area contributed by atoms with Crippen LogP contribution in [-0.4, -0.2) is 46.2 Å². The number of thiophene rings is 1. The van der Waals surface area contributed by atoms with Crippen molar-refractivity contribution >= 4 is 23.2 Å². The third-order valence-corrected chi connectivity index (χ3v) is 6.62. The molecule has 6 heteroatoms. The highest BCUT2D eigenvalue weighted by atomic mass is 32.1. The Morgan fingerprint density at radius 1 is 1.04 bits per heavy atom. The highest BCUT2D eigenvalue weighted by Gasteiger charge is 2.32. The Hall–Kier alpha value is -2.21. The smallest absolute Gasteiger partial charge is 0.263 e. The van der Waals surface area contributed by atoms with Crippen LogP contribution in [0.25, 0.3) is 0 Å². The van der Waals surface area contributed by atoms with Gasteiger partial charge >= 0.3 is 0 Å². The summed E-state index contributed by atoms with van der Waals surface area (Å²) in [7, 11) is 0. The van der Waals surface area contributed by atoms with Gasteiger partial charge < -0.3 is 9.80 Å². The second kappa shape index (κ2) is 8.21. The van der Waals surface area contributed by atoms with E-state index in [1.807, 2.05) is 40.1 Å². The molecule has 0 bridgehead atoms. The number of likely N-dealkylation sites (tertiary alicyclic amines) is 2. The molecule has 0 radical (unpaired) electrons. The summed E-state index contributed by atoms with van der Waals surface area (Å²) < 4.78 is 0. The fraction of sp³-hybridized carbons (Fsp3) is 0.476. The van der Waals surface area contributed by atoms with Crippen molar-refractivity contribution in [1.29, 1.82) is 0 Å². The maximum Gasteiger partial charge on any atom is 0.263 e. The molecular formula is C21H25N3O2S. The highest BCUT2D eigenvalue weighted by Crippen LogP contribution is 2.36. The first kappa shape index (κ1) is 18.2. The minimum absolute atomic E-state index is 0.0918. The van der Waals surface area contributed by atoms with Gasteiger partial charge in [0.05, 0.1) is 17.3 Å². The van der Waals surface area contributed by atoms with Crippen LogP contribution in [0.4, 0.5) is 0 Å². The molecule has 2 aromatic heterocycles. The molecule has 4 rings (SSSR count). The first-order chi connectivity index (χ1) is 13.2. The number of hydrogen-bond donors (Lipinski definition) is 0. The number of amides is 2. The van der Waals surface area contributed by atoms with Gasteiger partial charge in [0.2, 0.25) is 5.91 Å². The lowest BCUT2D eigenvalue weighted by molar-refractivity contribution is -0.131. The van der Waals surface area contributed by atoms with Gasteiger partial charge in [-0.15, -0.1) is 11.3 Å². The van der Waals surface area contributed by atoms with Gasteiger partial charge in [0, 0.05) is 36.4 Å². The van der Waals surface area contributed by atoms with E-state index in [2.05, 4.69) is 4.98 Å². The minimum Gasteiger partial charge on any atom is -0.338 e. The summed E-state index contributed by atoms with van der Waals surface area (Å²) in [5, 5.41) is 0. The molecular weight excluding hydrogens is 358 g/mol. The molecule has 0 aliphatic carbocycles. The molecule has 2 aliphatic heterocycles. The Morgan fingerprint density at radius 3 is 2.67 bits per heavy atom. The normalized spacial score (nSPS) is 20.1. The van der Waals surface area contributed by atoms with Gasteiger partial charge in [0.1, 0.15) is 0 Å². The molecule has 4 heterocycles. The van der Waals surface area contributed by atoms with Gasteiger partial charge in [0.25, 0.3) is 5.91 Å². The number of rotatable bonds is 4. The zero-order chi connectivity index (χ0) is 18.6. The number of carbonyl (C=O) groups excluding carboxylic acids is 2. The Kier molecular flexibility index (Phi) is 5.53. The van der Waals surface area contributed by atoms with Gasteiger partial charge in [-0.2, -0.15) is 0 Å². The summed E-state index contributed by atoms with van der Waals surface area (Å²) in [5.74, 6) is 0.267. The molecule has 142 valence electrons. The average molecular weight is 384 g/mol. The van der Waals surface area contributed by atoms with E-state index in [0.717, 1.165) is 60.8 Å². The van der Waals surface area contributed by atoms with E-state index in [0.29, 0.717) is 6.42 Å². The van der Waals surface area contributed by atoms with Crippen LogP contribution >= 0.6 is 11.3 Å². The molecule has 0 aromatic carbocycles. The molecule has 2 fully saturated rings. The Morgan fingerprint density at radius 2 is 1.89 bits per heavy atom. The largest absolute Gasteiger partial charge is 0.338 e. The maximum absolute atomic E-state index is 12.8. The lowest BCUT2D eigenvalue weighted by Crippen LogP contribution is -2.35. The van der Waals surface area contributed by atoms with E-state index in [1.165, 1.54) is 6.42 Å². The van der Waals surface area contributed by atoms with Crippen molar-refractivity contribution in [2.24, 2.45) is 0 Å². The van der Waals surface area contributed by atoms with Gasteiger partial charge in [0.15, 0.2) is 0 Å². The Balaban J connectivity index is 1.45. The lowest BCUT2D eigenvalue weighted by atomic mass is 10.1. The summed E-state index contributed by atoms with van der Waals surface area (Å²) in [6, 6.07) is 9.74. The van der Waals surface area contributed by atoms with Crippen LogP contribution in [0.5, 0.6) is 0 Å². The number of carbonyl (C=O) groups is 2. The molecule has 1 atom stereocenters. The molecule has 2 saturated heterocycles. The SMILES string of the molecule is O=C(c1ccc(C2CCCN2C(=O)Cc2ccccn2)s1)N1CCCCC1. The fourth-order valence-electron chi connectivity index (χ4n) is 4.02. The van der Waals surface area contributed by atoms with Crippen molar-refractivity contribution in [3.63, 3.8) is 0 Å². The van der Waals surface area contributed by atoms with E-state index >= 15 is 0 Å². The average Bonchev–Trinajstić information content (AvgIpc) is 3.38. The van der Waals surface area contributed by atoms with Crippen molar-refractivity contribution in [2.75, 3.05) is 19.6 Å². The molecule has 5 nitrogen and oxygen atoms in total. The van der Waals surface area contributed by atoms with Crippen molar-refractivity contribution < 1.29 is 9.59 Å². The predicted molar refractivity (Wildman–Crippen MR) is 106 cm³/mol. The van der Waals surface area contributed by atoms with Gasteiger partial charge in [-0.3, -0.25) is 14.6 Å². The first-order valence-corrected chi connectivity index (χ1v) is 10.6. The van der Waals surface area contributed by atoms with Gasteiger partial charge in [-0.25, -0.2) is 0 Å². The summed E-state index contributed by atoms with van der Waals surface area (Å²) in [5.41, 5.74) is 0.806. The van der Waals surface area contributed by atoms with Crippen LogP contribution < -0.4 is 0 Å². The van der Waals surface area contributed by atoms with E-state index in [-0.39, 0.29) is 17.9 Å². The number of nitrogens with zero attached hydrogens (tertiary/aromatic N) is 3. The number of piperidine rings is 1. The van der Waals surface area contributed by atoms with E-state index in [4.69, 9.17) is 0 Å². The maximum atomic E-state index is 12.8. The summed E-state index contributed by atoms with van der Waals surface area (Å²) in [6.45, 7) is 2.51. The molecule has 27 heavy (non-hydrogen) atoms. The van der Waals surface area contributed by atoms with E-state index < -0.39 is 0 Å². The van der Waals surface area contributed by atoms with E-state index in [9.17, 15) is 9.59 Å². The number of aromatic nitrogens is 1. The van der Waals surface area contributed by atoms with Crippen LogP contribution in [0, 0.1) is 0 Å². The summed E-state index contributed by atoms with van der Waals surface area (Å²) in [6.07, 6.45) is 7.45. The van der Waals surface area contributed by atoms with Gasteiger partial charge in [-0.05, 0) is 56.4 Å². The second-order valence-corrected chi connectivity index (χ2v) is 8.41. The zero-order valence-corrected chi connectivity index (χ0v) is 16.3. The fourth-order valence-corrected chi connectivity index (χ4v) is 5.14. The van der Waals surface area contributed by atoms with Crippen LogP contribution in [0.15, 0.2) is 36.5 Å². The van der Waals surface area contributed by atoms with Crippen LogP contribution in [0.3, 0.4) is 0 Å². The van der Waals surface area contributed by atoms with Gasteiger partial charge in [-0.1, -0.05) is 6.07 Å². The first-order valence-electron chi connectivity index (χ1n) is 9.81. The van der Waals surface area contributed by atoms with Crippen molar-refractivity contribution in [1.82, 2.24) is 14.8 Å².